The molecule has 3 aliphatic heterocycles. The third kappa shape index (κ3) is 7.72. The van der Waals surface area contributed by atoms with Crippen LogP contribution in [0.4, 0.5) is 0 Å². The second-order valence-electron chi connectivity index (χ2n) is 22.6. The molecule has 1 N–H and O–H groups in total. The molecule has 0 amide bonds. The molecule has 2 aromatic heterocycles. The Morgan fingerprint density at radius 1 is 0.597 bits per heavy atom. The van der Waals surface area contributed by atoms with Crippen molar-refractivity contribution in [2.45, 2.75) is 105 Å². The van der Waals surface area contributed by atoms with E-state index in [0.717, 1.165) is 90.0 Å². The molecule has 0 saturated carbocycles. The lowest BCUT2D eigenvalue weighted by Gasteiger charge is -2.43. The van der Waals surface area contributed by atoms with Crippen LogP contribution in [0.5, 0.6) is 11.5 Å². The van der Waals surface area contributed by atoms with Gasteiger partial charge in [-0.2, -0.15) is 0 Å². The first-order chi connectivity index (χ1) is 31.7. The van der Waals surface area contributed by atoms with Crippen LogP contribution >= 0.6 is 0 Å². The highest BCUT2D eigenvalue weighted by Crippen LogP contribution is 2.46. The number of pyridine rings is 1. The van der Waals surface area contributed by atoms with Gasteiger partial charge in [-0.25, -0.2) is 4.98 Å². The third-order valence-electron chi connectivity index (χ3n) is 13.6. The van der Waals surface area contributed by atoms with E-state index in [9.17, 15) is 5.11 Å². The highest BCUT2D eigenvalue weighted by molar-refractivity contribution is 6.85. The number of aromatic nitrogens is 3. The SMILES string of the molecule is CC(C)(C)c1ccc(-n2c(-c3cc(C(C)(C)C)cc(C(C)(C)C)c3O)nc3c2C=C2C=CC=C4Oc5c(cc(-c6cc(-c7ccccc7)ccn6)cc5C(C)(C)C)B3N24)c(-c2ccccc2)c1. The number of nitrogens with zero attached hydrogens (tertiary/aromatic N) is 4. The lowest BCUT2D eigenvalue weighted by molar-refractivity contribution is 0.316. The summed E-state index contributed by atoms with van der Waals surface area (Å²) in [6.45, 7) is 26.4. The first-order valence-electron chi connectivity index (χ1n) is 23.7. The minimum atomic E-state index is -0.377. The van der Waals surface area contributed by atoms with Gasteiger partial charge in [0.2, 0.25) is 0 Å². The summed E-state index contributed by atoms with van der Waals surface area (Å²) in [4.78, 5) is 13.2. The average Bonchev–Trinajstić information content (AvgIpc) is 3.66. The van der Waals surface area contributed by atoms with Crippen LogP contribution in [-0.4, -0.2) is 31.3 Å². The Morgan fingerprint density at radius 2 is 1.25 bits per heavy atom. The van der Waals surface area contributed by atoms with E-state index in [1.807, 2.05) is 12.3 Å². The maximum Gasteiger partial charge on any atom is 0.357 e. The number of phenolic OH excluding ortho intramolecular Hbond substituents is 1. The summed E-state index contributed by atoms with van der Waals surface area (Å²) in [7, 11) is 0. The van der Waals surface area contributed by atoms with Crippen molar-refractivity contribution in [2.75, 3.05) is 0 Å². The molecule has 7 heteroatoms. The standard InChI is InChI=1S/C60H61BN4O2/c1-57(2,3)41-26-27-50(44(33-41)38-22-17-14-18-23-38)64-51-36-43-24-19-25-52-65(43)61(55(51)63-56(64)45-34-42(58(4,5)6)35-46(53(45)66)59(7,8)9)48-31-40(30-47(54(48)67-52)60(10,11)12)49-32-39(28-29-62-49)37-20-15-13-16-21-37/h13-36,66H,1-12H3. The van der Waals surface area contributed by atoms with E-state index < -0.39 is 0 Å². The zero-order chi connectivity index (χ0) is 47.4. The highest BCUT2D eigenvalue weighted by atomic mass is 16.5. The number of benzene rings is 5. The van der Waals surface area contributed by atoms with E-state index in [2.05, 4.69) is 226 Å². The quantitative estimate of drug-likeness (QED) is 0.175. The van der Waals surface area contributed by atoms with E-state index in [1.54, 1.807) is 0 Å². The molecule has 0 saturated heterocycles. The van der Waals surface area contributed by atoms with E-state index in [0.29, 0.717) is 11.4 Å². The first kappa shape index (κ1) is 44.0. The maximum absolute atomic E-state index is 12.7. The van der Waals surface area contributed by atoms with Crippen molar-refractivity contribution in [3.63, 3.8) is 0 Å². The Kier molecular flexibility index (Phi) is 10.3. The summed E-state index contributed by atoms with van der Waals surface area (Å²) >= 11 is 0. The van der Waals surface area contributed by atoms with Gasteiger partial charge in [0.15, 0.2) is 5.88 Å². The Labute approximate surface area is 397 Å². The average molecular weight is 881 g/mol. The van der Waals surface area contributed by atoms with Crippen molar-refractivity contribution >= 4 is 24.0 Å². The molecule has 0 aliphatic carbocycles. The maximum atomic E-state index is 12.7. The van der Waals surface area contributed by atoms with Gasteiger partial charge in [0.1, 0.15) is 17.3 Å². The van der Waals surface area contributed by atoms with Gasteiger partial charge in [0.25, 0.3) is 0 Å². The molecule has 336 valence electrons. The number of hydrogen-bond acceptors (Lipinski definition) is 5. The molecule has 0 radical (unpaired) electrons. The molecule has 0 fully saturated rings. The van der Waals surface area contributed by atoms with Crippen molar-refractivity contribution in [1.29, 1.82) is 0 Å². The molecule has 5 heterocycles. The normalized spacial score (nSPS) is 14.5. The minimum absolute atomic E-state index is 0.0952. The first-order valence-corrected chi connectivity index (χ1v) is 23.7. The molecule has 7 aromatic rings. The van der Waals surface area contributed by atoms with Gasteiger partial charge < -0.3 is 14.7 Å². The summed E-state index contributed by atoms with van der Waals surface area (Å²) in [5, 5.41) is 12.7. The number of rotatable bonds is 5. The molecule has 3 aliphatic rings. The van der Waals surface area contributed by atoms with Crippen molar-refractivity contribution < 1.29 is 9.84 Å². The van der Waals surface area contributed by atoms with Crippen LogP contribution in [0.25, 0.3) is 56.7 Å². The van der Waals surface area contributed by atoms with Crippen LogP contribution in [0, 0.1) is 0 Å². The summed E-state index contributed by atoms with van der Waals surface area (Å²) in [5.74, 6) is 2.52. The topological polar surface area (TPSA) is 63.4 Å². The van der Waals surface area contributed by atoms with Crippen LogP contribution < -0.4 is 15.8 Å². The summed E-state index contributed by atoms with van der Waals surface area (Å²) < 4.78 is 9.40. The van der Waals surface area contributed by atoms with E-state index in [-0.39, 0.29) is 34.3 Å². The smallest absolute Gasteiger partial charge is 0.357 e. The lowest BCUT2D eigenvalue weighted by Crippen LogP contribution is -2.62. The monoisotopic (exact) mass is 880 g/mol. The molecular weight excluding hydrogens is 819 g/mol. The Balaban J connectivity index is 1.32. The summed E-state index contributed by atoms with van der Waals surface area (Å²) in [5.41, 5.74) is 15.3. The number of imidazole rings is 1. The fraction of sp³-hybridized carbons (Fsp3) is 0.267. The Bertz CT molecular complexity index is 3200. The molecule has 0 atom stereocenters. The number of ether oxygens (including phenoxy) is 1. The molecule has 0 unspecified atom stereocenters. The van der Waals surface area contributed by atoms with Gasteiger partial charge in [-0.05, 0) is 110 Å². The fourth-order valence-corrected chi connectivity index (χ4v) is 9.79. The second-order valence-corrected chi connectivity index (χ2v) is 22.6. The fourth-order valence-electron chi connectivity index (χ4n) is 9.79. The van der Waals surface area contributed by atoms with Crippen LogP contribution in [0.1, 0.15) is 111 Å². The largest absolute Gasteiger partial charge is 0.507 e. The van der Waals surface area contributed by atoms with Crippen molar-refractivity contribution in [1.82, 2.24) is 19.3 Å². The summed E-state index contributed by atoms with van der Waals surface area (Å²) in [6.07, 6.45) is 10.5. The number of allylic oxidation sites excluding steroid dienone is 3. The van der Waals surface area contributed by atoms with Gasteiger partial charge in [0.05, 0.1) is 28.2 Å². The zero-order valence-corrected chi connectivity index (χ0v) is 41.1. The van der Waals surface area contributed by atoms with Gasteiger partial charge in [-0.15, -0.1) is 0 Å². The molecule has 67 heavy (non-hydrogen) atoms. The van der Waals surface area contributed by atoms with E-state index in [4.69, 9.17) is 14.7 Å². The van der Waals surface area contributed by atoms with Gasteiger partial charge in [-0.1, -0.05) is 168 Å². The van der Waals surface area contributed by atoms with Crippen LogP contribution in [0.2, 0.25) is 0 Å². The van der Waals surface area contributed by atoms with Crippen LogP contribution in [0.3, 0.4) is 0 Å². The molecule has 5 aromatic carbocycles. The third-order valence-corrected chi connectivity index (χ3v) is 13.6. The highest BCUT2D eigenvalue weighted by Gasteiger charge is 2.48. The zero-order valence-electron chi connectivity index (χ0n) is 41.1. The molecule has 0 spiro atoms. The van der Waals surface area contributed by atoms with Crippen molar-refractivity contribution in [2.24, 2.45) is 0 Å². The van der Waals surface area contributed by atoms with Gasteiger partial charge in [-0.3, -0.25) is 9.55 Å². The van der Waals surface area contributed by atoms with Gasteiger partial charge in [0, 0.05) is 34.1 Å². The molecule has 6 nitrogen and oxygen atoms in total. The summed E-state index contributed by atoms with van der Waals surface area (Å²) in [6, 6.07) is 41.2. The second kappa shape index (κ2) is 15.6. The van der Waals surface area contributed by atoms with Crippen LogP contribution in [-0.2, 0) is 21.7 Å². The minimum Gasteiger partial charge on any atom is -0.507 e. The number of hydrogen-bond donors (Lipinski definition) is 1. The van der Waals surface area contributed by atoms with E-state index >= 15 is 0 Å². The molecule has 0 bridgehead atoms. The molecular formula is C60H61BN4O2. The van der Waals surface area contributed by atoms with Crippen LogP contribution in [0.15, 0.2) is 151 Å². The predicted octanol–water partition coefficient (Wildman–Crippen LogP) is 13.4. The van der Waals surface area contributed by atoms with Crippen molar-refractivity contribution in [3.8, 4) is 62.1 Å². The lowest BCUT2D eigenvalue weighted by atomic mass is 9.47. The number of phenols is 1. The Morgan fingerprint density at radius 3 is 1.91 bits per heavy atom. The molecule has 10 rings (SSSR count). The van der Waals surface area contributed by atoms with E-state index in [1.165, 1.54) is 5.56 Å². The predicted molar refractivity (Wildman–Crippen MR) is 279 cm³/mol. The van der Waals surface area contributed by atoms with Crippen molar-refractivity contribution in [3.05, 3.63) is 179 Å². The number of fused-ring (bicyclic) bond motifs is 4. The number of aromatic hydroxyl groups is 1. The Hall–Kier alpha value is -6.86. The van der Waals surface area contributed by atoms with Gasteiger partial charge >= 0.3 is 6.85 Å².